The van der Waals surface area contributed by atoms with Crippen LogP contribution in [0.1, 0.15) is 53.9 Å². The number of nitrogens with zero attached hydrogens (tertiary/aromatic N) is 3. The van der Waals surface area contributed by atoms with E-state index in [1.165, 1.54) is 12.3 Å². The SMILES string of the molecule is Cc1cc(C(F)F)n2ncc(C(=O)NC3CCCC3)c2n1. The maximum Gasteiger partial charge on any atom is 0.280 e. The molecule has 0 bridgehead atoms. The fourth-order valence-corrected chi connectivity index (χ4v) is 2.76. The van der Waals surface area contributed by atoms with Crippen molar-refractivity contribution in [3.05, 3.63) is 29.2 Å². The Labute approximate surface area is 120 Å². The molecular formula is C14H16F2N4O. The second kappa shape index (κ2) is 5.38. The zero-order valence-corrected chi connectivity index (χ0v) is 11.6. The lowest BCUT2D eigenvalue weighted by atomic mass is 10.2. The van der Waals surface area contributed by atoms with Crippen LogP contribution >= 0.6 is 0 Å². The quantitative estimate of drug-likeness (QED) is 0.946. The molecule has 0 saturated heterocycles. The first-order valence-corrected chi connectivity index (χ1v) is 7.00. The molecule has 0 atom stereocenters. The minimum Gasteiger partial charge on any atom is -0.349 e. The van der Waals surface area contributed by atoms with Gasteiger partial charge in [-0.3, -0.25) is 4.79 Å². The average molecular weight is 294 g/mol. The van der Waals surface area contributed by atoms with Gasteiger partial charge >= 0.3 is 0 Å². The van der Waals surface area contributed by atoms with E-state index in [4.69, 9.17) is 0 Å². The first kappa shape index (κ1) is 13.9. The van der Waals surface area contributed by atoms with Gasteiger partial charge in [-0.25, -0.2) is 18.3 Å². The fourth-order valence-electron chi connectivity index (χ4n) is 2.76. The zero-order chi connectivity index (χ0) is 15.0. The number of aromatic nitrogens is 3. The van der Waals surface area contributed by atoms with Gasteiger partial charge in [0.25, 0.3) is 12.3 Å². The van der Waals surface area contributed by atoms with E-state index >= 15 is 0 Å². The summed E-state index contributed by atoms with van der Waals surface area (Å²) in [6, 6.07) is 1.44. The number of carbonyl (C=O) groups is 1. The van der Waals surface area contributed by atoms with Gasteiger partial charge in [0, 0.05) is 11.7 Å². The molecule has 7 heteroatoms. The number of halogens is 2. The molecule has 0 aliphatic heterocycles. The highest BCUT2D eigenvalue weighted by Crippen LogP contribution is 2.22. The number of hydrogen-bond acceptors (Lipinski definition) is 3. The minimum atomic E-state index is -2.67. The number of rotatable bonds is 3. The third-order valence-corrected chi connectivity index (χ3v) is 3.79. The number of amides is 1. The van der Waals surface area contributed by atoms with Gasteiger partial charge in [0.1, 0.15) is 11.3 Å². The molecule has 1 N–H and O–H groups in total. The van der Waals surface area contributed by atoms with Gasteiger partial charge in [-0.2, -0.15) is 5.10 Å². The Morgan fingerprint density at radius 2 is 2.14 bits per heavy atom. The summed E-state index contributed by atoms with van der Waals surface area (Å²) in [6.07, 6.45) is 2.76. The van der Waals surface area contributed by atoms with Crippen molar-refractivity contribution in [3.8, 4) is 0 Å². The fraction of sp³-hybridized carbons (Fsp3) is 0.500. The zero-order valence-electron chi connectivity index (χ0n) is 11.6. The Balaban J connectivity index is 1.97. The average Bonchev–Trinajstić information content (AvgIpc) is 3.06. The van der Waals surface area contributed by atoms with Crippen molar-refractivity contribution in [1.29, 1.82) is 0 Å². The van der Waals surface area contributed by atoms with Crippen LogP contribution in [0.15, 0.2) is 12.3 Å². The Bertz CT molecular complexity index is 677. The molecule has 1 saturated carbocycles. The van der Waals surface area contributed by atoms with Crippen molar-refractivity contribution >= 4 is 11.6 Å². The lowest BCUT2D eigenvalue weighted by molar-refractivity contribution is 0.0939. The summed E-state index contributed by atoms with van der Waals surface area (Å²) in [5.74, 6) is -0.296. The second-order valence-electron chi connectivity index (χ2n) is 5.37. The van der Waals surface area contributed by atoms with Gasteiger partial charge in [0.05, 0.1) is 6.20 Å². The molecule has 0 spiro atoms. The maximum atomic E-state index is 13.0. The molecule has 0 radical (unpaired) electrons. The summed E-state index contributed by atoms with van der Waals surface area (Å²) >= 11 is 0. The summed E-state index contributed by atoms with van der Waals surface area (Å²) in [5, 5.41) is 6.81. The van der Waals surface area contributed by atoms with Gasteiger partial charge in [-0.15, -0.1) is 0 Å². The molecule has 2 aromatic heterocycles. The molecule has 112 valence electrons. The van der Waals surface area contributed by atoms with Crippen LogP contribution in [0.2, 0.25) is 0 Å². The highest BCUT2D eigenvalue weighted by Gasteiger charge is 2.23. The highest BCUT2D eigenvalue weighted by molar-refractivity contribution is 5.99. The maximum absolute atomic E-state index is 13.0. The Morgan fingerprint density at radius 1 is 1.43 bits per heavy atom. The molecule has 0 aromatic carbocycles. The van der Waals surface area contributed by atoms with Gasteiger partial charge in [0.15, 0.2) is 5.65 Å². The van der Waals surface area contributed by atoms with Crippen molar-refractivity contribution in [2.75, 3.05) is 0 Å². The first-order chi connectivity index (χ1) is 10.1. The molecule has 2 aromatic rings. The Kier molecular flexibility index (Phi) is 3.57. The van der Waals surface area contributed by atoms with E-state index in [0.29, 0.717) is 5.69 Å². The molecule has 5 nitrogen and oxygen atoms in total. The largest absolute Gasteiger partial charge is 0.349 e. The van der Waals surface area contributed by atoms with Crippen LogP contribution in [0.4, 0.5) is 8.78 Å². The van der Waals surface area contributed by atoms with Gasteiger partial charge in [0.2, 0.25) is 0 Å². The Hall–Kier alpha value is -2.05. The highest BCUT2D eigenvalue weighted by atomic mass is 19.3. The van der Waals surface area contributed by atoms with E-state index in [9.17, 15) is 13.6 Å². The lowest BCUT2D eigenvalue weighted by Crippen LogP contribution is -2.32. The van der Waals surface area contributed by atoms with E-state index < -0.39 is 6.43 Å². The Morgan fingerprint density at radius 3 is 2.81 bits per heavy atom. The number of hydrogen-bond donors (Lipinski definition) is 1. The molecule has 1 fully saturated rings. The van der Waals surface area contributed by atoms with Gasteiger partial charge in [-0.05, 0) is 25.8 Å². The molecule has 3 rings (SSSR count). The van der Waals surface area contributed by atoms with Gasteiger partial charge < -0.3 is 5.32 Å². The normalized spacial score (nSPS) is 16.0. The number of alkyl halides is 2. The van der Waals surface area contributed by atoms with Gasteiger partial charge in [-0.1, -0.05) is 12.8 Å². The van der Waals surface area contributed by atoms with Crippen molar-refractivity contribution in [2.45, 2.75) is 45.1 Å². The van der Waals surface area contributed by atoms with Crippen LogP contribution in [0.3, 0.4) is 0 Å². The van der Waals surface area contributed by atoms with Crippen LogP contribution in [-0.4, -0.2) is 26.5 Å². The summed E-state index contributed by atoms with van der Waals surface area (Å²) in [4.78, 5) is 16.5. The van der Waals surface area contributed by atoms with Crippen molar-refractivity contribution in [1.82, 2.24) is 19.9 Å². The molecule has 1 aliphatic rings. The van der Waals surface area contributed by atoms with Crippen molar-refractivity contribution in [3.63, 3.8) is 0 Å². The summed E-state index contributed by atoms with van der Waals surface area (Å²) in [6.45, 7) is 1.62. The van der Waals surface area contributed by atoms with Crippen LogP contribution in [0, 0.1) is 6.92 Å². The summed E-state index contributed by atoms with van der Waals surface area (Å²) in [5.41, 5.74) is 0.610. The van der Waals surface area contributed by atoms with Crippen LogP contribution in [0.5, 0.6) is 0 Å². The number of fused-ring (bicyclic) bond motifs is 1. The van der Waals surface area contributed by atoms with E-state index in [0.717, 1.165) is 30.2 Å². The van der Waals surface area contributed by atoms with E-state index in [1.807, 2.05) is 0 Å². The molecule has 2 heterocycles. The van der Waals surface area contributed by atoms with E-state index in [-0.39, 0.29) is 28.9 Å². The molecule has 21 heavy (non-hydrogen) atoms. The summed E-state index contributed by atoms with van der Waals surface area (Å²) < 4.78 is 27.1. The second-order valence-corrected chi connectivity index (χ2v) is 5.37. The smallest absolute Gasteiger partial charge is 0.280 e. The monoisotopic (exact) mass is 294 g/mol. The van der Waals surface area contributed by atoms with Crippen LogP contribution in [-0.2, 0) is 0 Å². The van der Waals surface area contributed by atoms with E-state index in [1.54, 1.807) is 6.92 Å². The predicted octanol–water partition coefficient (Wildman–Crippen LogP) is 2.65. The lowest BCUT2D eigenvalue weighted by Gasteiger charge is -2.11. The third kappa shape index (κ3) is 2.59. The first-order valence-electron chi connectivity index (χ1n) is 7.00. The topological polar surface area (TPSA) is 59.3 Å². The number of aryl methyl sites for hydroxylation is 1. The summed E-state index contributed by atoms with van der Waals surface area (Å²) in [7, 11) is 0. The molecular weight excluding hydrogens is 278 g/mol. The van der Waals surface area contributed by atoms with Crippen LogP contribution < -0.4 is 5.32 Å². The molecule has 0 unspecified atom stereocenters. The standard InChI is InChI=1S/C14H16F2N4O/c1-8-6-11(12(15)16)20-13(18-8)10(7-17-20)14(21)19-9-4-2-3-5-9/h6-7,9,12H,2-5H2,1H3,(H,19,21). The van der Waals surface area contributed by atoms with Crippen molar-refractivity contribution < 1.29 is 13.6 Å². The van der Waals surface area contributed by atoms with Crippen molar-refractivity contribution in [2.24, 2.45) is 0 Å². The molecule has 1 amide bonds. The van der Waals surface area contributed by atoms with E-state index in [2.05, 4.69) is 15.4 Å². The number of carbonyl (C=O) groups excluding carboxylic acids is 1. The number of nitrogens with one attached hydrogen (secondary N) is 1. The van der Waals surface area contributed by atoms with Crippen LogP contribution in [0.25, 0.3) is 5.65 Å². The third-order valence-electron chi connectivity index (χ3n) is 3.79. The molecule has 1 aliphatic carbocycles. The minimum absolute atomic E-state index is 0.159. The predicted molar refractivity (Wildman–Crippen MR) is 72.4 cm³/mol.